The molecule has 1 aromatic rings. The SMILES string of the molecule is CCCNC(C1=CCCCO1)c1cc(Cl)sc1Cl. The van der Waals surface area contributed by atoms with E-state index < -0.39 is 0 Å². The van der Waals surface area contributed by atoms with Crippen LogP contribution >= 0.6 is 34.5 Å². The summed E-state index contributed by atoms with van der Waals surface area (Å²) < 4.78 is 7.21. The van der Waals surface area contributed by atoms with Crippen molar-refractivity contribution in [3.05, 3.63) is 32.1 Å². The molecule has 2 heterocycles. The topological polar surface area (TPSA) is 21.3 Å². The van der Waals surface area contributed by atoms with E-state index in [4.69, 9.17) is 27.9 Å². The molecule has 0 bridgehead atoms. The van der Waals surface area contributed by atoms with Crippen LogP contribution in [0, 0.1) is 0 Å². The highest BCUT2D eigenvalue weighted by Crippen LogP contribution is 2.38. The predicted molar refractivity (Wildman–Crippen MR) is 78.6 cm³/mol. The molecule has 0 fully saturated rings. The maximum Gasteiger partial charge on any atom is 0.114 e. The summed E-state index contributed by atoms with van der Waals surface area (Å²) in [6.07, 6.45) is 5.37. The van der Waals surface area contributed by atoms with Gasteiger partial charge in [0.1, 0.15) is 5.76 Å². The normalized spacial score (nSPS) is 17.2. The quantitative estimate of drug-likeness (QED) is 0.844. The molecule has 0 radical (unpaired) electrons. The highest BCUT2D eigenvalue weighted by atomic mass is 35.5. The van der Waals surface area contributed by atoms with E-state index in [1.54, 1.807) is 0 Å². The Morgan fingerprint density at radius 1 is 1.50 bits per heavy atom. The lowest BCUT2D eigenvalue weighted by molar-refractivity contribution is 0.168. The third kappa shape index (κ3) is 3.41. The molecule has 1 atom stereocenters. The predicted octanol–water partition coefficient (Wildman–Crippen LogP) is 4.79. The molecule has 0 saturated heterocycles. The van der Waals surface area contributed by atoms with Crippen molar-refractivity contribution in [2.45, 2.75) is 32.2 Å². The number of rotatable bonds is 5. The third-order valence-corrected chi connectivity index (χ3v) is 4.36. The molecule has 1 aliphatic heterocycles. The van der Waals surface area contributed by atoms with Crippen LogP contribution in [0.5, 0.6) is 0 Å². The summed E-state index contributed by atoms with van der Waals surface area (Å²) in [5.74, 6) is 0.978. The minimum atomic E-state index is 0.0292. The highest BCUT2D eigenvalue weighted by molar-refractivity contribution is 7.20. The Hall–Kier alpha value is -0.220. The molecule has 2 rings (SSSR count). The van der Waals surface area contributed by atoms with Crippen molar-refractivity contribution in [2.75, 3.05) is 13.2 Å². The van der Waals surface area contributed by atoms with Gasteiger partial charge in [0.05, 0.1) is 21.3 Å². The molecule has 0 aromatic carbocycles. The van der Waals surface area contributed by atoms with E-state index in [9.17, 15) is 0 Å². The molecule has 100 valence electrons. The van der Waals surface area contributed by atoms with Gasteiger partial charge in [-0.25, -0.2) is 0 Å². The molecule has 0 saturated carbocycles. The van der Waals surface area contributed by atoms with Crippen molar-refractivity contribution in [3.63, 3.8) is 0 Å². The fraction of sp³-hybridized carbons (Fsp3) is 0.538. The summed E-state index contributed by atoms with van der Waals surface area (Å²) in [4.78, 5) is 0. The van der Waals surface area contributed by atoms with Crippen LogP contribution in [0.4, 0.5) is 0 Å². The fourth-order valence-electron chi connectivity index (χ4n) is 1.98. The number of allylic oxidation sites excluding steroid dienone is 1. The smallest absolute Gasteiger partial charge is 0.114 e. The first-order valence-corrected chi connectivity index (χ1v) is 7.80. The van der Waals surface area contributed by atoms with Crippen molar-refractivity contribution in [3.8, 4) is 0 Å². The molecule has 0 amide bonds. The van der Waals surface area contributed by atoms with Crippen LogP contribution in [-0.2, 0) is 4.74 Å². The monoisotopic (exact) mass is 305 g/mol. The largest absolute Gasteiger partial charge is 0.496 e. The molecular formula is C13H17Cl2NOS. The van der Waals surface area contributed by atoms with Gasteiger partial charge in [-0.1, -0.05) is 30.1 Å². The van der Waals surface area contributed by atoms with Crippen molar-refractivity contribution in [2.24, 2.45) is 0 Å². The van der Waals surface area contributed by atoms with Gasteiger partial charge in [-0.2, -0.15) is 0 Å². The second-order valence-corrected chi connectivity index (χ2v) is 6.55. The van der Waals surface area contributed by atoms with Crippen LogP contribution in [0.2, 0.25) is 8.67 Å². The minimum absolute atomic E-state index is 0.0292. The van der Waals surface area contributed by atoms with E-state index in [1.165, 1.54) is 11.3 Å². The minimum Gasteiger partial charge on any atom is -0.496 e. The second-order valence-electron chi connectivity index (χ2n) is 4.26. The van der Waals surface area contributed by atoms with E-state index in [0.29, 0.717) is 0 Å². The summed E-state index contributed by atoms with van der Waals surface area (Å²) in [6.45, 7) is 3.85. The van der Waals surface area contributed by atoms with Crippen LogP contribution in [0.25, 0.3) is 0 Å². The molecule has 1 unspecified atom stereocenters. The van der Waals surface area contributed by atoms with E-state index in [0.717, 1.165) is 52.4 Å². The maximum absolute atomic E-state index is 6.25. The summed E-state index contributed by atoms with van der Waals surface area (Å²) in [5.41, 5.74) is 1.02. The lowest BCUT2D eigenvalue weighted by Crippen LogP contribution is -2.26. The van der Waals surface area contributed by atoms with Crippen LogP contribution in [0.3, 0.4) is 0 Å². The second kappa shape index (κ2) is 6.80. The van der Waals surface area contributed by atoms with Gasteiger partial charge in [0.2, 0.25) is 0 Å². The van der Waals surface area contributed by atoms with Crippen LogP contribution in [0.1, 0.15) is 37.8 Å². The van der Waals surface area contributed by atoms with Crippen molar-refractivity contribution >= 4 is 34.5 Å². The van der Waals surface area contributed by atoms with Gasteiger partial charge < -0.3 is 10.1 Å². The van der Waals surface area contributed by atoms with Crippen LogP contribution in [0.15, 0.2) is 17.9 Å². The number of halogens is 2. The van der Waals surface area contributed by atoms with E-state index in [1.807, 2.05) is 6.07 Å². The third-order valence-electron chi connectivity index (χ3n) is 2.84. The van der Waals surface area contributed by atoms with Crippen molar-refractivity contribution in [1.29, 1.82) is 0 Å². The molecule has 2 nitrogen and oxygen atoms in total. The summed E-state index contributed by atoms with van der Waals surface area (Å²) in [5, 5.41) is 3.48. The molecular weight excluding hydrogens is 289 g/mol. The number of thiophene rings is 1. The first-order chi connectivity index (χ1) is 8.72. The van der Waals surface area contributed by atoms with Gasteiger partial charge in [-0.3, -0.25) is 0 Å². The Morgan fingerprint density at radius 2 is 2.33 bits per heavy atom. The van der Waals surface area contributed by atoms with Gasteiger partial charge in [-0.15, -0.1) is 11.3 Å². The molecule has 0 spiro atoms. The molecule has 0 aliphatic carbocycles. The van der Waals surface area contributed by atoms with Gasteiger partial charge in [0, 0.05) is 5.56 Å². The zero-order valence-corrected chi connectivity index (χ0v) is 12.7. The van der Waals surface area contributed by atoms with Crippen molar-refractivity contribution in [1.82, 2.24) is 5.32 Å². The van der Waals surface area contributed by atoms with E-state index >= 15 is 0 Å². The van der Waals surface area contributed by atoms with E-state index in [2.05, 4.69) is 18.3 Å². The standard InChI is InChI=1S/C13H17Cl2NOS/c1-2-6-16-12(10-5-3-4-7-17-10)9-8-11(14)18-13(9)15/h5,8,12,16H,2-4,6-7H2,1H3. The zero-order chi connectivity index (χ0) is 13.0. The number of ether oxygens (including phenoxy) is 1. The average Bonchev–Trinajstić information content (AvgIpc) is 2.70. The van der Waals surface area contributed by atoms with Crippen LogP contribution < -0.4 is 5.32 Å². The first kappa shape index (κ1) is 14.2. The molecule has 1 aliphatic rings. The first-order valence-electron chi connectivity index (χ1n) is 6.23. The maximum atomic E-state index is 6.25. The Kier molecular flexibility index (Phi) is 5.37. The Balaban J connectivity index is 2.23. The van der Waals surface area contributed by atoms with Crippen LogP contribution in [-0.4, -0.2) is 13.2 Å². The average molecular weight is 306 g/mol. The van der Waals surface area contributed by atoms with Gasteiger partial charge in [-0.05, 0) is 37.9 Å². The van der Waals surface area contributed by atoms with Gasteiger partial charge in [0.15, 0.2) is 0 Å². The summed E-state index contributed by atoms with van der Waals surface area (Å²) >= 11 is 13.7. The number of hydrogen-bond donors (Lipinski definition) is 1. The van der Waals surface area contributed by atoms with E-state index in [-0.39, 0.29) is 6.04 Å². The molecule has 1 aromatic heterocycles. The molecule has 5 heteroatoms. The van der Waals surface area contributed by atoms with Gasteiger partial charge >= 0.3 is 0 Å². The summed E-state index contributed by atoms with van der Waals surface area (Å²) in [6, 6.07) is 1.96. The lowest BCUT2D eigenvalue weighted by atomic mass is 10.1. The van der Waals surface area contributed by atoms with Crippen molar-refractivity contribution < 1.29 is 4.74 Å². The molecule has 1 N–H and O–H groups in total. The number of nitrogens with one attached hydrogen (secondary N) is 1. The Morgan fingerprint density at radius 3 is 2.89 bits per heavy atom. The summed E-state index contributed by atoms with van der Waals surface area (Å²) in [7, 11) is 0. The highest BCUT2D eigenvalue weighted by Gasteiger charge is 2.23. The molecule has 18 heavy (non-hydrogen) atoms. The number of hydrogen-bond acceptors (Lipinski definition) is 3. The fourth-order valence-corrected chi connectivity index (χ4v) is 3.51. The lowest BCUT2D eigenvalue weighted by Gasteiger charge is -2.24. The zero-order valence-electron chi connectivity index (χ0n) is 10.3. The van der Waals surface area contributed by atoms with Gasteiger partial charge in [0.25, 0.3) is 0 Å². The Labute approximate surface area is 122 Å². The Bertz CT molecular complexity index is 431.